The fourth-order valence-corrected chi connectivity index (χ4v) is 1.26. The van der Waals surface area contributed by atoms with Gasteiger partial charge in [-0.2, -0.15) is 0 Å². The molecule has 1 fully saturated rings. The van der Waals surface area contributed by atoms with Crippen molar-refractivity contribution in [1.82, 2.24) is 0 Å². The standard InChI is InChI=1S/C7H12O6/c1-2-3(8)4(9)5(10)6(13-2)7(11)12/h2-6,8-10H,1H3,(H,11,12)/t2-,3-,4+,5-,6+/m1/s1. The fourth-order valence-electron chi connectivity index (χ4n) is 1.26. The molecule has 1 aliphatic rings. The quantitative estimate of drug-likeness (QED) is 0.380. The van der Waals surface area contributed by atoms with Crippen LogP contribution in [0.25, 0.3) is 0 Å². The van der Waals surface area contributed by atoms with Crippen molar-refractivity contribution in [3.8, 4) is 0 Å². The summed E-state index contributed by atoms with van der Waals surface area (Å²) >= 11 is 0. The van der Waals surface area contributed by atoms with Crippen LogP contribution in [0.1, 0.15) is 6.92 Å². The Morgan fingerprint density at radius 3 is 2.15 bits per heavy atom. The first-order chi connectivity index (χ1) is 5.95. The molecule has 1 aliphatic heterocycles. The zero-order valence-electron chi connectivity index (χ0n) is 6.99. The minimum Gasteiger partial charge on any atom is -0.479 e. The minimum absolute atomic E-state index is 0.806. The second kappa shape index (κ2) is 3.59. The van der Waals surface area contributed by atoms with Gasteiger partial charge in [0.2, 0.25) is 0 Å². The van der Waals surface area contributed by atoms with Gasteiger partial charge in [0.25, 0.3) is 0 Å². The number of aliphatic carboxylic acids is 1. The van der Waals surface area contributed by atoms with Crippen LogP contribution in [0.5, 0.6) is 0 Å². The predicted molar refractivity (Wildman–Crippen MR) is 40.0 cm³/mol. The highest BCUT2D eigenvalue weighted by Crippen LogP contribution is 2.20. The van der Waals surface area contributed by atoms with Crippen molar-refractivity contribution < 1.29 is 30.0 Å². The van der Waals surface area contributed by atoms with Gasteiger partial charge in [-0.1, -0.05) is 0 Å². The van der Waals surface area contributed by atoms with Crippen LogP contribution in [0, 0.1) is 0 Å². The van der Waals surface area contributed by atoms with Crippen LogP contribution in [-0.4, -0.2) is 56.9 Å². The SMILES string of the molecule is C[C@H]1O[C@H](C(=O)O)[C@H](O)[C@@H](O)[C@@H]1O. The van der Waals surface area contributed by atoms with Crippen molar-refractivity contribution >= 4 is 5.97 Å². The van der Waals surface area contributed by atoms with Crippen molar-refractivity contribution in [2.45, 2.75) is 37.4 Å². The maximum Gasteiger partial charge on any atom is 0.335 e. The molecule has 76 valence electrons. The molecular weight excluding hydrogens is 180 g/mol. The predicted octanol–water partition coefficient (Wildman–Crippen LogP) is -2.06. The van der Waals surface area contributed by atoms with Gasteiger partial charge in [0.05, 0.1) is 6.10 Å². The van der Waals surface area contributed by atoms with E-state index in [1.165, 1.54) is 6.92 Å². The van der Waals surface area contributed by atoms with Crippen LogP contribution in [0.15, 0.2) is 0 Å². The van der Waals surface area contributed by atoms with Crippen LogP contribution in [0.2, 0.25) is 0 Å². The number of hydrogen-bond donors (Lipinski definition) is 4. The Balaban J connectivity index is 2.76. The summed E-state index contributed by atoms with van der Waals surface area (Å²) in [4.78, 5) is 10.5. The highest BCUT2D eigenvalue weighted by atomic mass is 16.6. The Bertz CT molecular complexity index is 205. The molecule has 5 atom stereocenters. The van der Waals surface area contributed by atoms with Gasteiger partial charge in [-0.15, -0.1) is 0 Å². The van der Waals surface area contributed by atoms with Crippen LogP contribution in [-0.2, 0) is 9.53 Å². The first kappa shape index (κ1) is 10.4. The molecule has 0 unspecified atom stereocenters. The summed E-state index contributed by atoms with van der Waals surface area (Å²) in [7, 11) is 0. The lowest BCUT2D eigenvalue weighted by molar-refractivity contribution is -0.223. The molecule has 0 radical (unpaired) electrons. The summed E-state index contributed by atoms with van der Waals surface area (Å²) in [6.07, 6.45) is -6.62. The van der Waals surface area contributed by atoms with E-state index in [0.717, 1.165) is 0 Å². The Hall–Kier alpha value is -0.690. The van der Waals surface area contributed by atoms with Gasteiger partial charge in [-0.05, 0) is 6.92 Å². The second-order valence-electron chi connectivity index (χ2n) is 3.07. The van der Waals surface area contributed by atoms with Crippen LogP contribution < -0.4 is 0 Å². The van der Waals surface area contributed by atoms with E-state index < -0.39 is 36.5 Å². The maximum absolute atomic E-state index is 10.5. The number of ether oxygens (including phenoxy) is 1. The monoisotopic (exact) mass is 192 g/mol. The Morgan fingerprint density at radius 2 is 1.69 bits per heavy atom. The van der Waals surface area contributed by atoms with Crippen molar-refractivity contribution in [2.75, 3.05) is 0 Å². The third-order valence-corrected chi connectivity index (χ3v) is 2.10. The lowest BCUT2D eigenvalue weighted by Crippen LogP contribution is -2.58. The average Bonchev–Trinajstić information content (AvgIpc) is 2.07. The van der Waals surface area contributed by atoms with Crippen LogP contribution in [0.3, 0.4) is 0 Å². The van der Waals surface area contributed by atoms with Crippen LogP contribution >= 0.6 is 0 Å². The minimum atomic E-state index is -1.59. The fraction of sp³-hybridized carbons (Fsp3) is 0.857. The van der Waals surface area contributed by atoms with Crippen molar-refractivity contribution in [2.24, 2.45) is 0 Å². The van der Waals surface area contributed by atoms with Gasteiger partial charge in [-0.25, -0.2) is 4.79 Å². The van der Waals surface area contributed by atoms with Gasteiger partial charge in [-0.3, -0.25) is 0 Å². The highest BCUT2D eigenvalue weighted by Gasteiger charge is 2.44. The lowest BCUT2D eigenvalue weighted by Gasteiger charge is -2.37. The molecule has 6 heteroatoms. The summed E-state index contributed by atoms with van der Waals surface area (Å²) in [6, 6.07) is 0. The van der Waals surface area contributed by atoms with E-state index in [1.54, 1.807) is 0 Å². The number of rotatable bonds is 1. The average molecular weight is 192 g/mol. The molecule has 4 N–H and O–H groups in total. The smallest absolute Gasteiger partial charge is 0.335 e. The molecule has 13 heavy (non-hydrogen) atoms. The maximum atomic E-state index is 10.5. The first-order valence-corrected chi connectivity index (χ1v) is 3.87. The topological polar surface area (TPSA) is 107 Å². The molecule has 0 bridgehead atoms. The molecule has 0 spiro atoms. The molecule has 0 amide bonds. The summed E-state index contributed by atoms with van der Waals surface area (Å²) in [5.41, 5.74) is 0. The largest absolute Gasteiger partial charge is 0.479 e. The van der Waals surface area contributed by atoms with Crippen LogP contribution in [0.4, 0.5) is 0 Å². The van der Waals surface area contributed by atoms with Gasteiger partial charge >= 0.3 is 5.97 Å². The first-order valence-electron chi connectivity index (χ1n) is 3.87. The third kappa shape index (κ3) is 1.80. The molecule has 0 aromatic heterocycles. The zero-order valence-corrected chi connectivity index (χ0v) is 6.99. The van der Waals surface area contributed by atoms with Gasteiger partial charge in [0.1, 0.15) is 18.3 Å². The summed E-state index contributed by atoms with van der Waals surface area (Å²) in [5, 5.41) is 36.1. The van der Waals surface area contributed by atoms with Gasteiger partial charge < -0.3 is 25.2 Å². The number of carboxylic acid groups (broad SMARTS) is 1. The molecule has 6 nitrogen and oxygen atoms in total. The molecule has 1 saturated heterocycles. The van der Waals surface area contributed by atoms with E-state index in [-0.39, 0.29) is 0 Å². The van der Waals surface area contributed by atoms with E-state index >= 15 is 0 Å². The number of carbonyl (C=O) groups is 1. The Kier molecular flexibility index (Phi) is 2.87. The Morgan fingerprint density at radius 1 is 1.15 bits per heavy atom. The number of aliphatic hydroxyl groups excluding tert-OH is 3. The number of carboxylic acids is 1. The molecule has 0 aliphatic carbocycles. The Labute approximate surface area is 74.4 Å². The zero-order chi connectivity index (χ0) is 10.2. The molecule has 0 aromatic rings. The number of aliphatic hydroxyl groups is 3. The van der Waals surface area contributed by atoms with E-state index in [2.05, 4.69) is 0 Å². The van der Waals surface area contributed by atoms with Gasteiger partial charge in [0, 0.05) is 0 Å². The second-order valence-corrected chi connectivity index (χ2v) is 3.07. The van der Waals surface area contributed by atoms with E-state index in [9.17, 15) is 20.1 Å². The normalized spacial score (nSPS) is 46.0. The lowest BCUT2D eigenvalue weighted by atomic mass is 9.96. The molecule has 0 saturated carbocycles. The van der Waals surface area contributed by atoms with Crippen molar-refractivity contribution in [1.29, 1.82) is 0 Å². The summed E-state index contributed by atoms with van der Waals surface area (Å²) in [6.45, 7) is 1.43. The number of hydrogen-bond acceptors (Lipinski definition) is 5. The van der Waals surface area contributed by atoms with Gasteiger partial charge in [0.15, 0.2) is 6.10 Å². The molecule has 1 heterocycles. The van der Waals surface area contributed by atoms with Crippen molar-refractivity contribution in [3.63, 3.8) is 0 Å². The third-order valence-electron chi connectivity index (χ3n) is 2.10. The highest BCUT2D eigenvalue weighted by molar-refractivity contribution is 5.73. The summed E-state index contributed by atoms with van der Waals surface area (Å²) < 4.78 is 4.78. The summed E-state index contributed by atoms with van der Waals surface area (Å²) in [5.74, 6) is -1.36. The molecule has 1 rings (SSSR count). The molecular formula is C7H12O6. The van der Waals surface area contributed by atoms with Crippen molar-refractivity contribution in [3.05, 3.63) is 0 Å². The van der Waals surface area contributed by atoms with E-state index in [1.807, 2.05) is 0 Å². The van der Waals surface area contributed by atoms with E-state index in [0.29, 0.717) is 0 Å². The molecule has 0 aromatic carbocycles. The van der Waals surface area contributed by atoms with E-state index in [4.69, 9.17) is 9.84 Å².